The Balaban J connectivity index is 1.12. The number of thioether (sulfide) groups is 1. The number of hydrogen-bond donors (Lipinski definition) is 1. The van der Waals surface area contributed by atoms with Crippen LogP contribution in [-0.2, 0) is 12.3 Å². The normalized spacial score (nSPS) is 11.9. The van der Waals surface area contributed by atoms with E-state index < -0.39 is 0 Å². The molecule has 0 aliphatic carbocycles. The number of ether oxygens (including phenoxy) is 3. The maximum Gasteiger partial charge on any atom is 0.251 e. The predicted octanol–water partition coefficient (Wildman–Crippen LogP) is 5.49. The van der Waals surface area contributed by atoms with E-state index in [9.17, 15) is 4.79 Å². The summed E-state index contributed by atoms with van der Waals surface area (Å²) in [6.45, 7) is 0.618. The Bertz CT molecular complexity index is 1580. The molecule has 6 rings (SSSR count). The molecule has 0 atom stereocenters. The number of nitrogens with one attached hydrogen (secondary N) is 1. The van der Waals surface area contributed by atoms with Gasteiger partial charge in [-0.15, -0.1) is 10.2 Å². The lowest BCUT2D eigenvalue weighted by Crippen LogP contribution is -2.22. The van der Waals surface area contributed by atoms with Gasteiger partial charge in [0.25, 0.3) is 5.91 Å². The second kappa shape index (κ2) is 11.0. The van der Waals surface area contributed by atoms with Crippen LogP contribution in [0.3, 0.4) is 0 Å². The molecule has 1 aliphatic rings. The van der Waals surface area contributed by atoms with Gasteiger partial charge in [0.05, 0.1) is 19.1 Å². The van der Waals surface area contributed by atoms with Crippen LogP contribution in [0, 0.1) is 0 Å². The fourth-order valence-corrected chi connectivity index (χ4v) is 5.04. The van der Waals surface area contributed by atoms with Crippen LogP contribution in [0.2, 0.25) is 0 Å². The Hall–Kier alpha value is -4.70. The van der Waals surface area contributed by atoms with Crippen molar-refractivity contribution in [3.05, 3.63) is 102 Å². The second-order valence-corrected chi connectivity index (χ2v) is 9.62. The maximum atomic E-state index is 12.7. The van der Waals surface area contributed by atoms with Gasteiger partial charge in [0.1, 0.15) is 5.75 Å². The number of methoxy groups -OCH3 is 1. The van der Waals surface area contributed by atoms with Gasteiger partial charge in [0, 0.05) is 17.9 Å². The van der Waals surface area contributed by atoms with Crippen LogP contribution in [0.15, 0.2) is 94.7 Å². The van der Waals surface area contributed by atoms with Crippen LogP contribution in [0.4, 0.5) is 0 Å². The number of aromatic nitrogens is 3. The highest BCUT2D eigenvalue weighted by molar-refractivity contribution is 7.98. The van der Waals surface area contributed by atoms with E-state index >= 15 is 0 Å². The monoisotopic (exact) mass is 540 g/mol. The molecule has 10 heteroatoms. The van der Waals surface area contributed by atoms with E-state index in [1.165, 1.54) is 0 Å². The molecule has 0 bridgehead atoms. The molecule has 1 amide bonds. The van der Waals surface area contributed by atoms with Crippen molar-refractivity contribution in [1.82, 2.24) is 20.1 Å². The summed E-state index contributed by atoms with van der Waals surface area (Å²) in [5, 5.41) is 12.5. The number of nitrogens with zero attached hydrogens (tertiary/aromatic N) is 3. The van der Waals surface area contributed by atoms with E-state index in [0.717, 1.165) is 33.5 Å². The fourth-order valence-electron chi connectivity index (χ4n) is 4.13. The van der Waals surface area contributed by atoms with Crippen LogP contribution in [0.5, 0.6) is 17.2 Å². The molecular formula is C29H24N4O5S. The smallest absolute Gasteiger partial charge is 0.251 e. The second-order valence-electron chi connectivity index (χ2n) is 8.67. The van der Waals surface area contributed by atoms with Crippen molar-refractivity contribution in [2.75, 3.05) is 13.9 Å². The number of furan rings is 1. The third-order valence-electron chi connectivity index (χ3n) is 6.18. The standard InChI is InChI=1S/C29H24N4O5S/c1-35-23-11-9-22(10-12-23)33-27(25-3-2-14-36-25)31-32-29(33)39-17-19-4-7-21(8-5-19)28(34)30-16-20-6-13-24-26(15-20)38-18-37-24/h2-15H,16-18H2,1H3,(H,30,34). The zero-order valence-electron chi connectivity index (χ0n) is 21.0. The van der Waals surface area contributed by atoms with Crippen LogP contribution >= 0.6 is 11.8 Å². The minimum absolute atomic E-state index is 0.144. The lowest BCUT2D eigenvalue weighted by atomic mass is 10.1. The van der Waals surface area contributed by atoms with Gasteiger partial charge in [0.15, 0.2) is 22.4 Å². The summed E-state index contributed by atoms with van der Waals surface area (Å²) >= 11 is 1.55. The molecular weight excluding hydrogens is 516 g/mol. The predicted molar refractivity (Wildman–Crippen MR) is 145 cm³/mol. The quantitative estimate of drug-likeness (QED) is 0.245. The van der Waals surface area contributed by atoms with E-state index in [4.69, 9.17) is 18.6 Å². The summed E-state index contributed by atoms with van der Waals surface area (Å²) in [6.07, 6.45) is 1.61. The van der Waals surface area contributed by atoms with E-state index in [-0.39, 0.29) is 12.7 Å². The van der Waals surface area contributed by atoms with Crippen LogP contribution < -0.4 is 19.5 Å². The zero-order chi connectivity index (χ0) is 26.6. The summed E-state index contributed by atoms with van der Waals surface area (Å²) < 4.78 is 23.6. The Morgan fingerprint density at radius 2 is 1.77 bits per heavy atom. The summed E-state index contributed by atoms with van der Waals surface area (Å²) in [6, 6.07) is 24.6. The Labute approximate surface area is 228 Å². The Morgan fingerprint density at radius 3 is 2.54 bits per heavy atom. The number of benzene rings is 3. The van der Waals surface area contributed by atoms with Crippen molar-refractivity contribution >= 4 is 17.7 Å². The molecule has 9 nitrogen and oxygen atoms in total. The first-order chi connectivity index (χ1) is 19.2. The van der Waals surface area contributed by atoms with Gasteiger partial charge in [-0.1, -0.05) is 30.0 Å². The van der Waals surface area contributed by atoms with Crippen LogP contribution in [-0.4, -0.2) is 34.6 Å². The third-order valence-corrected chi connectivity index (χ3v) is 7.18. The molecule has 39 heavy (non-hydrogen) atoms. The minimum Gasteiger partial charge on any atom is -0.497 e. The fraction of sp³-hybridized carbons (Fsp3) is 0.138. The number of carbonyl (C=O) groups excluding carboxylic acids is 1. The Morgan fingerprint density at radius 1 is 0.974 bits per heavy atom. The molecule has 0 fully saturated rings. The van der Waals surface area contributed by atoms with E-state index in [2.05, 4.69) is 15.5 Å². The average Bonchev–Trinajstić information content (AvgIpc) is 3.76. The molecule has 196 valence electrons. The van der Waals surface area contributed by atoms with Crippen molar-refractivity contribution < 1.29 is 23.4 Å². The topological polar surface area (TPSA) is 101 Å². The first-order valence-electron chi connectivity index (χ1n) is 12.2. The average molecular weight is 541 g/mol. The molecule has 3 heterocycles. The Kier molecular flexibility index (Phi) is 6.92. The van der Waals surface area contributed by atoms with Gasteiger partial charge < -0.3 is 23.9 Å². The minimum atomic E-state index is -0.144. The van der Waals surface area contributed by atoms with Crippen molar-refractivity contribution in [3.63, 3.8) is 0 Å². The summed E-state index contributed by atoms with van der Waals surface area (Å²) in [4.78, 5) is 12.7. The maximum absolute atomic E-state index is 12.7. The summed E-state index contributed by atoms with van der Waals surface area (Å²) in [5.74, 6) is 3.92. The molecule has 0 radical (unpaired) electrons. The van der Waals surface area contributed by atoms with Gasteiger partial charge in [-0.2, -0.15) is 0 Å². The number of rotatable bonds is 9. The van der Waals surface area contributed by atoms with E-state index in [0.29, 0.717) is 35.2 Å². The van der Waals surface area contributed by atoms with Gasteiger partial charge in [-0.3, -0.25) is 9.36 Å². The van der Waals surface area contributed by atoms with Gasteiger partial charge >= 0.3 is 0 Å². The molecule has 0 unspecified atom stereocenters. The highest BCUT2D eigenvalue weighted by atomic mass is 32.2. The number of fused-ring (bicyclic) bond motifs is 1. The first kappa shape index (κ1) is 24.6. The molecule has 2 aromatic heterocycles. The SMILES string of the molecule is COc1ccc(-n2c(SCc3ccc(C(=O)NCc4ccc5c(c4)OCO5)cc3)nnc2-c2ccco2)cc1. The first-order valence-corrected chi connectivity index (χ1v) is 13.2. The number of carbonyl (C=O) groups is 1. The van der Waals surface area contributed by atoms with Gasteiger partial charge in [0.2, 0.25) is 12.6 Å². The largest absolute Gasteiger partial charge is 0.497 e. The van der Waals surface area contributed by atoms with Crippen molar-refractivity contribution in [3.8, 4) is 34.5 Å². The molecule has 5 aromatic rings. The van der Waals surface area contributed by atoms with Gasteiger partial charge in [-0.05, 0) is 71.8 Å². The van der Waals surface area contributed by atoms with E-state index in [1.54, 1.807) is 25.1 Å². The molecule has 1 aliphatic heterocycles. The third kappa shape index (κ3) is 5.32. The molecule has 0 saturated heterocycles. The lowest BCUT2D eigenvalue weighted by Gasteiger charge is -2.10. The van der Waals surface area contributed by atoms with Gasteiger partial charge in [-0.25, -0.2) is 0 Å². The molecule has 3 aromatic carbocycles. The number of amides is 1. The zero-order valence-corrected chi connectivity index (χ0v) is 21.8. The summed E-state index contributed by atoms with van der Waals surface area (Å²) in [5.41, 5.74) is 3.47. The van der Waals surface area contributed by atoms with Crippen molar-refractivity contribution in [2.24, 2.45) is 0 Å². The molecule has 1 N–H and O–H groups in total. The highest BCUT2D eigenvalue weighted by Gasteiger charge is 2.19. The van der Waals surface area contributed by atoms with Crippen molar-refractivity contribution in [1.29, 1.82) is 0 Å². The summed E-state index contributed by atoms with van der Waals surface area (Å²) in [7, 11) is 1.64. The number of hydrogen-bond acceptors (Lipinski definition) is 8. The molecule has 0 spiro atoms. The van der Waals surface area contributed by atoms with Crippen molar-refractivity contribution in [2.45, 2.75) is 17.5 Å². The highest BCUT2D eigenvalue weighted by Crippen LogP contribution is 2.33. The van der Waals surface area contributed by atoms with E-state index in [1.807, 2.05) is 83.4 Å². The lowest BCUT2D eigenvalue weighted by molar-refractivity contribution is 0.0951. The van der Waals surface area contributed by atoms with Crippen LogP contribution in [0.1, 0.15) is 21.5 Å². The molecule has 0 saturated carbocycles. The van der Waals surface area contributed by atoms with Crippen LogP contribution in [0.25, 0.3) is 17.3 Å².